The van der Waals surface area contributed by atoms with Gasteiger partial charge in [0.1, 0.15) is 5.82 Å². The van der Waals surface area contributed by atoms with E-state index in [0.29, 0.717) is 29.7 Å². The molecule has 106 valence electrons. The minimum absolute atomic E-state index is 0.245. The predicted octanol–water partition coefficient (Wildman–Crippen LogP) is 2.14. The Morgan fingerprint density at radius 2 is 2.10 bits per heavy atom. The molecule has 2 N–H and O–H groups in total. The van der Waals surface area contributed by atoms with E-state index in [4.69, 9.17) is 0 Å². The van der Waals surface area contributed by atoms with Crippen LogP contribution < -0.4 is 4.90 Å². The molecule has 2 rings (SSSR count). The molecule has 5 nitrogen and oxygen atoms in total. The average Bonchev–Trinajstić information content (AvgIpc) is 2.43. The van der Waals surface area contributed by atoms with Crippen molar-refractivity contribution in [3.63, 3.8) is 0 Å². The van der Waals surface area contributed by atoms with Crippen molar-refractivity contribution in [3.8, 4) is 0 Å². The van der Waals surface area contributed by atoms with Crippen molar-refractivity contribution in [2.24, 2.45) is 0 Å². The first-order valence-electron chi connectivity index (χ1n) is 6.51. The molecule has 0 spiro atoms. The van der Waals surface area contributed by atoms with E-state index < -0.39 is 12.1 Å². The smallest absolute Gasteiger partial charge is 0.336 e. The summed E-state index contributed by atoms with van der Waals surface area (Å²) in [4.78, 5) is 17.7. The molecule has 0 saturated carbocycles. The summed E-state index contributed by atoms with van der Waals surface area (Å²) in [5.41, 5.74) is 0.904. The highest BCUT2D eigenvalue weighted by molar-refractivity contribution is 6.03. The van der Waals surface area contributed by atoms with E-state index in [9.17, 15) is 15.0 Å². The molecule has 1 aromatic carbocycles. The second-order valence-electron chi connectivity index (χ2n) is 4.91. The molecule has 0 saturated heterocycles. The maximum atomic E-state index is 11.4. The molecule has 0 aliphatic heterocycles. The summed E-state index contributed by atoms with van der Waals surface area (Å²) in [6.07, 6.45) is 0.213. The molecule has 1 unspecified atom stereocenters. The van der Waals surface area contributed by atoms with Crippen LogP contribution >= 0.6 is 0 Å². The van der Waals surface area contributed by atoms with E-state index in [0.717, 1.165) is 0 Å². The molecular formula is C15H18N2O3. The van der Waals surface area contributed by atoms with Crippen LogP contribution in [0.3, 0.4) is 0 Å². The molecule has 1 atom stereocenters. The van der Waals surface area contributed by atoms with Crippen molar-refractivity contribution in [2.75, 3.05) is 18.5 Å². The number of carbonyl (C=O) groups is 1. The molecule has 0 amide bonds. The van der Waals surface area contributed by atoms with Gasteiger partial charge in [-0.1, -0.05) is 18.2 Å². The van der Waals surface area contributed by atoms with Gasteiger partial charge in [0.15, 0.2) is 0 Å². The Hall–Kier alpha value is -2.14. The van der Waals surface area contributed by atoms with Gasteiger partial charge in [0.25, 0.3) is 0 Å². The third-order valence-electron chi connectivity index (χ3n) is 3.21. The maximum Gasteiger partial charge on any atom is 0.336 e. The zero-order valence-corrected chi connectivity index (χ0v) is 11.6. The van der Waals surface area contributed by atoms with E-state index in [2.05, 4.69) is 4.98 Å². The maximum absolute atomic E-state index is 11.4. The fourth-order valence-corrected chi connectivity index (χ4v) is 2.03. The Labute approximate surface area is 117 Å². The van der Waals surface area contributed by atoms with Crippen LogP contribution in [0.5, 0.6) is 0 Å². The third kappa shape index (κ3) is 3.05. The van der Waals surface area contributed by atoms with Crippen LogP contribution in [-0.4, -0.2) is 40.9 Å². The summed E-state index contributed by atoms with van der Waals surface area (Å²) < 4.78 is 0. The van der Waals surface area contributed by atoms with Crippen molar-refractivity contribution < 1.29 is 15.0 Å². The van der Waals surface area contributed by atoms with Crippen LogP contribution in [0.4, 0.5) is 5.82 Å². The first kappa shape index (κ1) is 14.3. The number of fused-ring (bicyclic) bond motifs is 1. The second kappa shape index (κ2) is 5.88. The Morgan fingerprint density at radius 3 is 2.75 bits per heavy atom. The number of aliphatic hydroxyl groups is 1. The van der Waals surface area contributed by atoms with Gasteiger partial charge in [0.05, 0.1) is 17.2 Å². The number of hydrogen-bond donors (Lipinski definition) is 2. The fourth-order valence-electron chi connectivity index (χ4n) is 2.03. The summed E-state index contributed by atoms with van der Waals surface area (Å²) in [5, 5.41) is 19.3. The molecule has 20 heavy (non-hydrogen) atoms. The minimum Gasteiger partial charge on any atom is -0.478 e. The zero-order chi connectivity index (χ0) is 14.7. The van der Waals surface area contributed by atoms with E-state index in [1.807, 2.05) is 18.0 Å². The molecule has 0 aliphatic rings. The van der Waals surface area contributed by atoms with Gasteiger partial charge in [-0.3, -0.25) is 0 Å². The van der Waals surface area contributed by atoms with Crippen LogP contribution in [0.2, 0.25) is 0 Å². The molecule has 0 fully saturated rings. The van der Waals surface area contributed by atoms with Crippen LogP contribution in [0.1, 0.15) is 23.7 Å². The number of rotatable bonds is 5. The quantitative estimate of drug-likeness (QED) is 0.873. The number of aromatic nitrogens is 1. The van der Waals surface area contributed by atoms with Crippen LogP contribution in [0, 0.1) is 0 Å². The van der Waals surface area contributed by atoms with Crippen molar-refractivity contribution in [1.29, 1.82) is 0 Å². The molecule has 1 aromatic heterocycles. The number of para-hydroxylation sites is 1. The summed E-state index contributed by atoms with van der Waals surface area (Å²) >= 11 is 0. The summed E-state index contributed by atoms with van der Waals surface area (Å²) in [5.74, 6) is -0.365. The number of hydrogen-bond acceptors (Lipinski definition) is 4. The van der Waals surface area contributed by atoms with Crippen molar-refractivity contribution >= 4 is 22.7 Å². The van der Waals surface area contributed by atoms with Gasteiger partial charge in [-0.25, -0.2) is 9.78 Å². The molecular weight excluding hydrogens is 256 g/mol. The number of aliphatic hydroxyl groups excluding tert-OH is 1. The highest BCUT2D eigenvalue weighted by atomic mass is 16.4. The van der Waals surface area contributed by atoms with Crippen molar-refractivity contribution in [3.05, 3.63) is 35.9 Å². The SMILES string of the molecule is CC(O)CCN(C)c1cc(C(=O)O)c2ccccc2n1. The van der Waals surface area contributed by atoms with Crippen LogP contribution in [0.15, 0.2) is 30.3 Å². The molecule has 1 heterocycles. The first-order chi connectivity index (χ1) is 9.49. The summed E-state index contributed by atoms with van der Waals surface area (Å²) in [6.45, 7) is 2.34. The van der Waals surface area contributed by atoms with Gasteiger partial charge < -0.3 is 15.1 Å². The monoisotopic (exact) mass is 274 g/mol. The zero-order valence-electron chi connectivity index (χ0n) is 11.6. The van der Waals surface area contributed by atoms with Crippen molar-refractivity contribution in [2.45, 2.75) is 19.4 Å². The van der Waals surface area contributed by atoms with E-state index in [1.54, 1.807) is 31.2 Å². The van der Waals surface area contributed by atoms with Gasteiger partial charge in [-0.15, -0.1) is 0 Å². The fraction of sp³-hybridized carbons (Fsp3) is 0.333. The molecule has 2 aromatic rings. The minimum atomic E-state index is -0.964. The number of anilines is 1. The van der Waals surface area contributed by atoms with Crippen molar-refractivity contribution in [1.82, 2.24) is 4.98 Å². The molecule has 0 aliphatic carbocycles. The first-order valence-corrected chi connectivity index (χ1v) is 6.51. The van der Waals surface area contributed by atoms with Gasteiger partial charge in [0, 0.05) is 19.0 Å². The Balaban J connectivity index is 2.42. The molecule has 5 heteroatoms. The normalized spacial score (nSPS) is 12.3. The van der Waals surface area contributed by atoms with Gasteiger partial charge in [-0.2, -0.15) is 0 Å². The number of carboxylic acids is 1. The largest absolute Gasteiger partial charge is 0.478 e. The topological polar surface area (TPSA) is 73.7 Å². The second-order valence-corrected chi connectivity index (χ2v) is 4.91. The third-order valence-corrected chi connectivity index (χ3v) is 3.21. The Morgan fingerprint density at radius 1 is 1.40 bits per heavy atom. The number of pyridine rings is 1. The lowest BCUT2D eigenvalue weighted by Crippen LogP contribution is -2.23. The number of benzene rings is 1. The number of aromatic carboxylic acids is 1. The predicted molar refractivity (Wildman–Crippen MR) is 78.3 cm³/mol. The highest BCUT2D eigenvalue weighted by Gasteiger charge is 2.13. The lowest BCUT2D eigenvalue weighted by molar-refractivity contribution is 0.0699. The summed E-state index contributed by atoms with van der Waals surface area (Å²) in [7, 11) is 1.84. The Bertz CT molecular complexity index is 626. The van der Waals surface area contributed by atoms with Gasteiger partial charge in [0.2, 0.25) is 0 Å². The highest BCUT2D eigenvalue weighted by Crippen LogP contribution is 2.22. The summed E-state index contributed by atoms with van der Waals surface area (Å²) in [6, 6.07) is 8.76. The van der Waals surface area contributed by atoms with E-state index in [-0.39, 0.29) is 5.56 Å². The molecule has 0 bridgehead atoms. The lowest BCUT2D eigenvalue weighted by Gasteiger charge is -2.20. The van der Waals surface area contributed by atoms with Gasteiger partial charge in [-0.05, 0) is 25.5 Å². The number of nitrogens with zero attached hydrogens (tertiary/aromatic N) is 2. The average molecular weight is 274 g/mol. The van der Waals surface area contributed by atoms with Crippen LogP contribution in [0.25, 0.3) is 10.9 Å². The Kier molecular flexibility index (Phi) is 4.20. The van der Waals surface area contributed by atoms with E-state index in [1.165, 1.54) is 0 Å². The van der Waals surface area contributed by atoms with E-state index >= 15 is 0 Å². The number of carboxylic acid groups (broad SMARTS) is 1. The molecule has 0 radical (unpaired) electrons. The lowest BCUT2D eigenvalue weighted by atomic mass is 10.1. The van der Waals surface area contributed by atoms with Gasteiger partial charge >= 0.3 is 5.97 Å². The standard InChI is InChI=1S/C15H18N2O3/c1-10(18)7-8-17(2)14-9-12(15(19)20)11-5-3-4-6-13(11)16-14/h3-6,9-10,18H,7-8H2,1-2H3,(H,19,20). The van der Waals surface area contributed by atoms with Crippen LogP contribution in [-0.2, 0) is 0 Å².